The van der Waals surface area contributed by atoms with Crippen molar-refractivity contribution in [3.8, 4) is 5.75 Å². The van der Waals surface area contributed by atoms with Gasteiger partial charge in [-0.25, -0.2) is 4.98 Å². The van der Waals surface area contributed by atoms with E-state index in [1.54, 1.807) is 22.8 Å². The Balaban J connectivity index is 1.68. The molecule has 0 spiro atoms. The van der Waals surface area contributed by atoms with Crippen LogP contribution in [0.2, 0.25) is 0 Å². The third-order valence-electron chi connectivity index (χ3n) is 4.20. The molecule has 1 amide bonds. The van der Waals surface area contributed by atoms with E-state index in [0.29, 0.717) is 29.1 Å². The van der Waals surface area contributed by atoms with Gasteiger partial charge in [0.15, 0.2) is 6.61 Å². The second kappa shape index (κ2) is 7.03. The van der Waals surface area contributed by atoms with Gasteiger partial charge in [0.05, 0.1) is 10.9 Å². The molecular weight excluding hydrogens is 306 g/mol. The number of carbonyl (C=O) groups is 1. The van der Waals surface area contributed by atoms with Gasteiger partial charge in [-0.1, -0.05) is 13.8 Å². The Morgan fingerprint density at radius 2 is 2.25 bits per heavy atom. The van der Waals surface area contributed by atoms with Gasteiger partial charge in [0.1, 0.15) is 11.6 Å². The topological polar surface area (TPSA) is 73.2 Å². The number of ether oxygens (including phenoxy) is 1. The maximum absolute atomic E-state index is 12.5. The van der Waals surface area contributed by atoms with Crippen molar-refractivity contribution in [3.63, 3.8) is 0 Å². The molecule has 1 N–H and O–H groups in total. The van der Waals surface area contributed by atoms with Crippen LogP contribution in [0.25, 0.3) is 10.9 Å². The maximum atomic E-state index is 12.5. The number of aryl methyl sites for hydroxylation is 1. The Kier molecular flexibility index (Phi) is 4.83. The molecule has 0 saturated heterocycles. The Morgan fingerprint density at radius 1 is 1.42 bits per heavy atom. The van der Waals surface area contributed by atoms with Crippen LogP contribution >= 0.6 is 0 Å². The van der Waals surface area contributed by atoms with Crippen molar-refractivity contribution in [2.75, 3.05) is 13.2 Å². The third kappa shape index (κ3) is 3.58. The number of carbonyl (C=O) groups excluding carboxylic acids is 1. The molecule has 2 heterocycles. The molecule has 1 aromatic heterocycles. The summed E-state index contributed by atoms with van der Waals surface area (Å²) in [4.78, 5) is 28.8. The third-order valence-corrected chi connectivity index (χ3v) is 4.20. The SMILES string of the molecule is CC(C)CCNC(=O)COc1ccc2nc3n(c(=O)c2c1)CCC3. The molecule has 24 heavy (non-hydrogen) atoms. The van der Waals surface area contributed by atoms with Crippen LogP contribution < -0.4 is 15.6 Å². The van der Waals surface area contributed by atoms with Gasteiger partial charge in [-0.15, -0.1) is 0 Å². The maximum Gasteiger partial charge on any atom is 0.261 e. The molecule has 6 heteroatoms. The number of amides is 1. The number of rotatable bonds is 6. The second-order valence-corrected chi connectivity index (χ2v) is 6.59. The van der Waals surface area contributed by atoms with Crippen molar-refractivity contribution in [1.29, 1.82) is 0 Å². The van der Waals surface area contributed by atoms with Crippen molar-refractivity contribution in [3.05, 3.63) is 34.4 Å². The first-order chi connectivity index (χ1) is 11.5. The fraction of sp³-hybridized carbons (Fsp3) is 0.500. The van der Waals surface area contributed by atoms with Crippen molar-refractivity contribution in [2.24, 2.45) is 5.92 Å². The van der Waals surface area contributed by atoms with E-state index >= 15 is 0 Å². The Labute approximate surface area is 140 Å². The Bertz CT molecular complexity index is 811. The van der Waals surface area contributed by atoms with Crippen molar-refractivity contribution in [2.45, 2.75) is 39.7 Å². The predicted molar refractivity (Wildman–Crippen MR) is 92.3 cm³/mol. The fourth-order valence-corrected chi connectivity index (χ4v) is 2.85. The average molecular weight is 329 g/mol. The number of hydrogen-bond donors (Lipinski definition) is 1. The zero-order valence-electron chi connectivity index (χ0n) is 14.2. The van der Waals surface area contributed by atoms with Gasteiger partial charge in [-0.2, -0.15) is 0 Å². The van der Waals surface area contributed by atoms with E-state index < -0.39 is 0 Å². The Hall–Kier alpha value is -2.37. The van der Waals surface area contributed by atoms with E-state index in [1.807, 2.05) is 0 Å². The summed E-state index contributed by atoms with van der Waals surface area (Å²) in [5.41, 5.74) is 0.654. The van der Waals surface area contributed by atoms with Crippen LogP contribution in [0.3, 0.4) is 0 Å². The summed E-state index contributed by atoms with van der Waals surface area (Å²) in [6, 6.07) is 5.21. The second-order valence-electron chi connectivity index (χ2n) is 6.59. The molecule has 0 fully saturated rings. The highest BCUT2D eigenvalue weighted by Gasteiger charge is 2.16. The molecule has 0 radical (unpaired) electrons. The molecular formula is C18H23N3O3. The van der Waals surface area contributed by atoms with Crippen LogP contribution in [0.15, 0.2) is 23.0 Å². The van der Waals surface area contributed by atoms with Crippen molar-refractivity contribution < 1.29 is 9.53 Å². The fourth-order valence-electron chi connectivity index (χ4n) is 2.85. The number of nitrogens with zero attached hydrogens (tertiary/aromatic N) is 2. The molecule has 0 atom stereocenters. The summed E-state index contributed by atoms with van der Waals surface area (Å²) in [5.74, 6) is 1.76. The summed E-state index contributed by atoms with van der Waals surface area (Å²) in [6.45, 7) is 5.54. The van der Waals surface area contributed by atoms with E-state index in [9.17, 15) is 9.59 Å². The number of benzene rings is 1. The summed E-state index contributed by atoms with van der Waals surface area (Å²) in [7, 11) is 0. The molecule has 3 rings (SSSR count). The van der Waals surface area contributed by atoms with E-state index in [2.05, 4.69) is 24.1 Å². The summed E-state index contributed by atoms with van der Waals surface area (Å²) in [5, 5.41) is 3.36. The number of hydrogen-bond acceptors (Lipinski definition) is 4. The van der Waals surface area contributed by atoms with Crippen LogP contribution in [0, 0.1) is 5.92 Å². The quantitative estimate of drug-likeness (QED) is 0.878. The lowest BCUT2D eigenvalue weighted by molar-refractivity contribution is -0.123. The zero-order chi connectivity index (χ0) is 17.1. The van der Waals surface area contributed by atoms with E-state index in [4.69, 9.17) is 4.74 Å². The summed E-state index contributed by atoms with van der Waals surface area (Å²) < 4.78 is 7.25. The normalized spacial score (nSPS) is 13.3. The lowest BCUT2D eigenvalue weighted by Gasteiger charge is -2.10. The Morgan fingerprint density at radius 3 is 3.04 bits per heavy atom. The van der Waals surface area contributed by atoms with Gasteiger partial charge in [-0.05, 0) is 37.0 Å². The molecule has 0 saturated carbocycles. The van der Waals surface area contributed by atoms with Gasteiger partial charge in [0.25, 0.3) is 11.5 Å². The van der Waals surface area contributed by atoms with E-state index in [0.717, 1.165) is 31.6 Å². The molecule has 2 aromatic rings. The highest BCUT2D eigenvalue weighted by molar-refractivity contribution is 5.80. The molecule has 1 aliphatic rings. The molecule has 0 aliphatic carbocycles. The average Bonchev–Trinajstić information content (AvgIpc) is 3.02. The first-order valence-electron chi connectivity index (χ1n) is 8.47. The van der Waals surface area contributed by atoms with Crippen LogP contribution in [0.5, 0.6) is 5.75 Å². The minimum atomic E-state index is -0.153. The molecule has 6 nitrogen and oxygen atoms in total. The van der Waals surface area contributed by atoms with E-state index in [1.165, 1.54) is 0 Å². The smallest absolute Gasteiger partial charge is 0.261 e. The molecule has 1 aromatic carbocycles. The van der Waals surface area contributed by atoms with Crippen LogP contribution in [0.1, 0.15) is 32.5 Å². The highest BCUT2D eigenvalue weighted by atomic mass is 16.5. The number of aromatic nitrogens is 2. The van der Waals surface area contributed by atoms with Crippen LogP contribution in [-0.4, -0.2) is 28.6 Å². The monoisotopic (exact) mass is 329 g/mol. The summed E-state index contributed by atoms with van der Waals surface area (Å²) >= 11 is 0. The summed E-state index contributed by atoms with van der Waals surface area (Å²) in [6.07, 6.45) is 2.74. The zero-order valence-corrected chi connectivity index (χ0v) is 14.2. The molecule has 0 unspecified atom stereocenters. The lowest BCUT2D eigenvalue weighted by atomic mass is 10.1. The number of nitrogens with one attached hydrogen (secondary N) is 1. The predicted octanol–water partition coefficient (Wildman–Crippen LogP) is 1.88. The van der Waals surface area contributed by atoms with E-state index in [-0.39, 0.29) is 18.1 Å². The minimum Gasteiger partial charge on any atom is -0.484 e. The van der Waals surface area contributed by atoms with Crippen LogP contribution in [-0.2, 0) is 17.8 Å². The molecule has 1 aliphatic heterocycles. The first-order valence-corrected chi connectivity index (χ1v) is 8.47. The van der Waals surface area contributed by atoms with Gasteiger partial charge < -0.3 is 10.1 Å². The van der Waals surface area contributed by atoms with Gasteiger partial charge in [-0.3, -0.25) is 14.2 Å². The van der Waals surface area contributed by atoms with Crippen molar-refractivity contribution in [1.82, 2.24) is 14.9 Å². The van der Waals surface area contributed by atoms with Gasteiger partial charge in [0.2, 0.25) is 0 Å². The van der Waals surface area contributed by atoms with Gasteiger partial charge >= 0.3 is 0 Å². The van der Waals surface area contributed by atoms with Crippen molar-refractivity contribution >= 4 is 16.8 Å². The lowest BCUT2D eigenvalue weighted by Crippen LogP contribution is -2.30. The molecule has 0 bridgehead atoms. The number of fused-ring (bicyclic) bond motifs is 2. The molecule has 128 valence electrons. The standard InChI is InChI=1S/C18H23N3O3/c1-12(2)7-8-19-17(22)11-24-13-5-6-15-14(10-13)18(23)21-9-3-4-16(21)20-15/h5-6,10,12H,3-4,7-9,11H2,1-2H3,(H,19,22). The first kappa shape index (κ1) is 16.5. The largest absolute Gasteiger partial charge is 0.484 e. The minimum absolute atomic E-state index is 0.0284. The van der Waals surface area contributed by atoms with Crippen LogP contribution in [0.4, 0.5) is 0 Å². The van der Waals surface area contributed by atoms with Gasteiger partial charge in [0, 0.05) is 19.5 Å². The highest BCUT2D eigenvalue weighted by Crippen LogP contribution is 2.19.